The lowest BCUT2D eigenvalue weighted by Crippen LogP contribution is -2.45. The minimum Gasteiger partial charge on any atom is -0.756 e. The van der Waals surface area contributed by atoms with E-state index in [0.29, 0.717) is 23.9 Å². The van der Waals surface area contributed by atoms with Crippen LogP contribution in [0.4, 0.5) is 0 Å². The Bertz CT molecular complexity index is 1930. The number of aliphatic hydroxyl groups excluding tert-OH is 1. The van der Waals surface area contributed by atoms with Crippen LogP contribution in [0.2, 0.25) is 0 Å². The van der Waals surface area contributed by atoms with Gasteiger partial charge in [0.1, 0.15) is 13.2 Å². The lowest BCUT2D eigenvalue weighted by molar-refractivity contribution is -0.870. The molecule has 3 atom stereocenters. The summed E-state index contributed by atoms with van der Waals surface area (Å²) in [7, 11) is 1.20. The van der Waals surface area contributed by atoms with Crippen molar-refractivity contribution >= 4 is 13.7 Å². The quantitative estimate of drug-likeness (QED) is 0.0272. The van der Waals surface area contributed by atoms with Gasteiger partial charge in [0.05, 0.1) is 39.9 Å². The van der Waals surface area contributed by atoms with Crippen LogP contribution >= 0.6 is 7.82 Å². The van der Waals surface area contributed by atoms with Crippen LogP contribution in [-0.4, -0.2) is 68.5 Å². The Morgan fingerprint density at radius 3 is 1.11 bits per heavy atom. The number of likely N-dealkylation sites (N-methyl/N-ethyl adjacent to an activating group) is 1. The van der Waals surface area contributed by atoms with Gasteiger partial charge in [-0.3, -0.25) is 9.36 Å². The molecule has 0 aliphatic carbocycles. The molecule has 0 radical (unpaired) electrons. The molecule has 0 aliphatic rings. The van der Waals surface area contributed by atoms with E-state index in [4.69, 9.17) is 9.05 Å². The monoisotopic (exact) mass is 1180 g/mol. The predicted molar refractivity (Wildman–Crippen MR) is 366 cm³/mol. The molecule has 0 aromatic rings. The molecule has 3 unspecified atom stereocenters. The zero-order valence-electron chi connectivity index (χ0n) is 54.5. The number of hydrogen-bond donors (Lipinski definition) is 2. The standard InChI is InChI=1S/C75H127N2O6P/c1-6-8-10-12-14-16-18-20-22-24-26-28-30-32-34-35-36-37-38-39-40-41-43-45-47-49-51-53-55-57-59-61-63-65-67-69-75(79)76-73(72-83-84(80,81)82-71-70-77(3,4)5)74(78)68-66-64-62-60-58-56-54-52-50-48-46-44-42-33-31-29-27-25-23-21-19-17-15-13-11-9-7-2/h8,10,14,16,20,22,26,28,32,34,36-37,39-40,43,45,49-52,55,57-58,60,66,68,73-74,78H,6-7,9,11-13,15,17-19,21,23-25,27,29-31,33,35,38,41-42,44,46-48,53-54,56,59,61-65,67,69-72H2,1-5H3,(H-,76,79,80,81)/b10-8-,16-14-,22-20-,28-26-,34-32-,37-36-,40-39-,45-43-,51-49-,52-50+,57-55-,60-58+,68-66+. The number of hydrogen-bond acceptors (Lipinski definition) is 6. The molecule has 0 heterocycles. The topological polar surface area (TPSA) is 108 Å². The number of amides is 1. The van der Waals surface area contributed by atoms with Gasteiger partial charge in [0.25, 0.3) is 7.82 Å². The number of carbonyl (C=O) groups is 1. The molecule has 0 saturated heterocycles. The highest BCUT2D eigenvalue weighted by molar-refractivity contribution is 7.45. The third kappa shape index (κ3) is 65.7. The fourth-order valence-electron chi connectivity index (χ4n) is 8.98. The number of phosphoric acid groups is 1. The average molecular weight is 1180 g/mol. The van der Waals surface area contributed by atoms with Crippen LogP contribution in [0.5, 0.6) is 0 Å². The smallest absolute Gasteiger partial charge is 0.268 e. The fourth-order valence-corrected chi connectivity index (χ4v) is 9.70. The maximum absolute atomic E-state index is 13.0. The van der Waals surface area contributed by atoms with Gasteiger partial charge in [0.2, 0.25) is 5.91 Å². The number of nitrogens with zero attached hydrogens (tertiary/aromatic N) is 1. The molecule has 8 nitrogen and oxygen atoms in total. The van der Waals surface area contributed by atoms with E-state index in [2.05, 4.69) is 165 Å². The largest absolute Gasteiger partial charge is 0.756 e. The molecule has 0 aromatic heterocycles. The summed E-state index contributed by atoms with van der Waals surface area (Å²) in [5.74, 6) is -0.241. The zero-order chi connectivity index (χ0) is 61.2. The first-order chi connectivity index (χ1) is 41.0. The zero-order valence-corrected chi connectivity index (χ0v) is 55.4. The van der Waals surface area contributed by atoms with Crippen LogP contribution in [0.25, 0.3) is 0 Å². The molecule has 0 spiro atoms. The van der Waals surface area contributed by atoms with Gasteiger partial charge in [-0.05, 0) is 122 Å². The first kappa shape index (κ1) is 80.1. The van der Waals surface area contributed by atoms with Crippen molar-refractivity contribution in [2.24, 2.45) is 0 Å². The van der Waals surface area contributed by atoms with E-state index in [1.165, 1.54) is 116 Å². The normalized spacial score (nSPS) is 14.7. The molecule has 0 aromatic carbocycles. The van der Waals surface area contributed by atoms with Crippen LogP contribution in [0.3, 0.4) is 0 Å². The van der Waals surface area contributed by atoms with Crippen LogP contribution in [0.1, 0.15) is 258 Å². The van der Waals surface area contributed by atoms with E-state index < -0.39 is 26.6 Å². The molecule has 9 heteroatoms. The van der Waals surface area contributed by atoms with Crippen molar-refractivity contribution in [3.05, 3.63) is 158 Å². The molecule has 2 N–H and O–H groups in total. The van der Waals surface area contributed by atoms with Crippen molar-refractivity contribution < 1.29 is 32.9 Å². The summed E-state index contributed by atoms with van der Waals surface area (Å²) in [5, 5.41) is 13.9. The second-order valence-corrected chi connectivity index (χ2v) is 24.8. The van der Waals surface area contributed by atoms with Gasteiger partial charge < -0.3 is 28.8 Å². The summed E-state index contributed by atoms with van der Waals surface area (Å²) >= 11 is 0. The van der Waals surface area contributed by atoms with Crippen LogP contribution < -0.4 is 10.2 Å². The summed E-state index contributed by atoms with van der Waals surface area (Å²) in [6, 6.07) is -0.938. The van der Waals surface area contributed by atoms with Gasteiger partial charge in [0, 0.05) is 6.42 Å². The van der Waals surface area contributed by atoms with Gasteiger partial charge in [-0.15, -0.1) is 0 Å². The van der Waals surface area contributed by atoms with E-state index >= 15 is 0 Å². The number of carbonyl (C=O) groups excluding carboxylic acids is 1. The molecule has 0 saturated carbocycles. The van der Waals surface area contributed by atoms with Crippen molar-refractivity contribution in [3.8, 4) is 0 Å². The lowest BCUT2D eigenvalue weighted by Gasteiger charge is -2.29. The first-order valence-electron chi connectivity index (χ1n) is 33.8. The number of rotatable bonds is 60. The average Bonchev–Trinajstić information content (AvgIpc) is 3.56. The van der Waals surface area contributed by atoms with Gasteiger partial charge in [-0.1, -0.05) is 287 Å². The molecule has 0 rings (SSSR count). The number of quaternary nitrogens is 1. The van der Waals surface area contributed by atoms with Crippen LogP contribution in [0.15, 0.2) is 158 Å². The van der Waals surface area contributed by atoms with Gasteiger partial charge in [-0.25, -0.2) is 0 Å². The minimum atomic E-state index is -4.64. The van der Waals surface area contributed by atoms with E-state index in [9.17, 15) is 19.4 Å². The highest BCUT2D eigenvalue weighted by Crippen LogP contribution is 2.38. The Labute approximate surface area is 518 Å². The minimum absolute atomic E-state index is 0.0232. The fraction of sp³-hybridized carbons (Fsp3) is 0.640. The predicted octanol–water partition coefficient (Wildman–Crippen LogP) is 21.1. The SMILES string of the molecule is CC/C=C\C/C=C\C/C=C\C/C=C\C/C=C\C/C=C\C/C=C\C/C=C\C/C=C\C/C=C\CCCCCCC(=O)NC(COP(=O)([O-])OCC[N+](C)(C)C)C(O)/C=C/CC/C=C/CC/C=C/CCCCCCCCCCCCCCCCCCC. The van der Waals surface area contributed by atoms with Crippen molar-refractivity contribution in [1.29, 1.82) is 0 Å². The molecular formula is C75H127N2O6P. The molecule has 0 aliphatic heterocycles. The van der Waals surface area contributed by atoms with Gasteiger partial charge in [0.15, 0.2) is 0 Å². The maximum Gasteiger partial charge on any atom is 0.268 e. The Morgan fingerprint density at radius 1 is 0.429 bits per heavy atom. The van der Waals surface area contributed by atoms with E-state index in [-0.39, 0.29) is 18.9 Å². The summed E-state index contributed by atoms with van der Waals surface area (Å²) in [6.45, 7) is 4.48. The molecular weight excluding hydrogens is 1060 g/mol. The van der Waals surface area contributed by atoms with Gasteiger partial charge in [-0.2, -0.15) is 0 Å². The number of phosphoric ester groups is 1. The molecule has 478 valence electrons. The maximum atomic E-state index is 13.0. The number of allylic oxidation sites excluding steroid dienone is 25. The summed E-state index contributed by atoms with van der Waals surface area (Å²) < 4.78 is 23.4. The van der Waals surface area contributed by atoms with E-state index in [0.717, 1.165) is 109 Å². The number of unbranched alkanes of at least 4 members (excludes halogenated alkanes) is 23. The Kier molecular flexibility index (Phi) is 60.7. The first-order valence-corrected chi connectivity index (χ1v) is 35.3. The molecule has 1 amide bonds. The van der Waals surface area contributed by atoms with E-state index in [1.807, 2.05) is 27.2 Å². The number of nitrogens with one attached hydrogen (secondary N) is 1. The van der Waals surface area contributed by atoms with Crippen molar-refractivity contribution in [1.82, 2.24) is 5.32 Å². The summed E-state index contributed by atoms with van der Waals surface area (Å²) in [4.78, 5) is 25.6. The summed E-state index contributed by atoms with van der Waals surface area (Å²) in [5.41, 5.74) is 0. The van der Waals surface area contributed by atoms with Crippen molar-refractivity contribution in [2.75, 3.05) is 40.9 Å². The second kappa shape index (κ2) is 63.6. The van der Waals surface area contributed by atoms with Crippen molar-refractivity contribution in [3.63, 3.8) is 0 Å². The Morgan fingerprint density at radius 2 is 0.738 bits per heavy atom. The highest BCUT2D eigenvalue weighted by Gasteiger charge is 2.23. The Hall–Kier alpha value is -3.88. The lowest BCUT2D eigenvalue weighted by atomic mass is 10.0. The third-order valence-corrected chi connectivity index (χ3v) is 15.2. The van der Waals surface area contributed by atoms with Crippen LogP contribution in [-0.2, 0) is 18.4 Å². The third-order valence-electron chi connectivity index (χ3n) is 14.2. The Balaban J connectivity index is 4.30. The van der Waals surface area contributed by atoms with Crippen molar-refractivity contribution in [2.45, 2.75) is 270 Å². The summed E-state index contributed by atoms with van der Waals surface area (Å²) in [6.07, 6.45) is 99.3. The second-order valence-electron chi connectivity index (χ2n) is 23.4. The van der Waals surface area contributed by atoms with Gasteiger partial charge >= 0.3 is 0 Å². The molecule has 0 bridgehead atoms. The highest BCUT2D eigenvalue weighted by atomic mass is 31.2. The molecule has 84 heavy (non-hydrogen) atoms. The van der Waals surface area contributed by atoms with Crippen LogP contribution in [0, 0.1) is 0 Å². The molecule has 0 fully saturated rings. The number of aliphatic hydroxyl groups is 1. The van der Waals surface area contributed by atoms with E-state index in [1.54, 1.807) is 6.08 Å².